The third kappa shape index (κ3) is 11.9. The van der Waals surface area contributed by atoms with Crippen LogP contribution in [-0.2, 0) is 36.8 Å². The van der Waals surface area contributed by atoms with Crippen molar-refractivity contribution in [3.05, 3.63) is 71.8 Å². The lowest BCUT2D eigenvalue weighted by Crippen LogP contribution is -2.59. The highest BCUT2D eigenvalue weighted by Crippen LogP contribution is 2.12. The van der Waals surface area contributed by atoms with Crippen LogP contribution < -0.4 is 27.4 Å². The van der Waals surface area contributed by atoms with Gasteiger partial charge in [-0.05, 0) is 56.2 Å². The molecule has 11 heteroatoms. The first-order chi connectivity index (χ1) is 21.6. The smallest absolute Gasteiger partial charge is 0.245 e. The zero-order valence-electron chi connectivity index (χ0n) is 26.7. The number of carbonyl (C=O) groups excluding carboxylic acids is 4. The van der Waals surface area contributed by atoms with Crippen LogP contribution >= 0.6 is 0 Å². The van der Waals surface area contributed by atoms with Gasteiger partial charge in [0, 0.05) is 19.5 Å². The van der Waals surface area contributed by atoms with Crippen LogP contribution in [0.25, 0.3) is 0 Å². The van der Waals surface area contributed by atoms with Crippen molar-refractivity contribution in [3.8, 4) is 0 Å². The summed E-state index contributed by atoms with van der Waals surface area (Å²) >= 11 is 0. The molecule has 1 saturated heterocycles. The molecule has 1 unspecified atom stereocenters. The fourth-order valence-corrected chi connectivity index (χ4v) is 5.36. The van der Waals surface area contributed by atoms with Crippen LogP contribution in [0.15, 0.2) is 60.7 Å². The number of nitrogens with zero attached hydrogens (tertiary/aromatic N) is 1. The van der Waals surface area contributed by atoms with E-state index >= 15 is 0 Å². The second-order valence-electron chi connectivity index (χ2n) is 12.2. The number of nitrogens with one attached hydrogen (secondary N) is 3. The van der Waals surface area contributed by atoms with Gasteiger partial charge in [0.15, 0.2) is 0 Å². The Morgan fingerprint density at radius 2 is 1.40 bits per heavy atom. The molecule has 1 heterocycles. The Morgan fingerprint density at radius 3 is 1.98 bits per heavy atom. The molecule has 2 aromatic carbocycles. The van der Waals surface area contributed by atoms with E-state index in [1.54, 1.807) is 4.90 Å². The Bertz CT molecular complexity index is 1230. The van der Waals surface area contributed by atoms with Crippen LogP contribution in [0.3, 0.4) is 0 Å². The van der Waals surface area contributed by atoms with Crippen molar-refractivity contribution in [2.75, 3.05) is 26.2 Å². The topological polar surface area (TPSA) is 169 Å². The van der Waals surface area contributed by atoms with Gasteiger partial charge >= 0.3 is 0 Å². The van der Waals surface area contributed by atoms with Gasteiger partial charge in [-0.25, -0.2) is 0 Å². The predicted octanol–water partition coefficient (Wildman–Crippen LogP) is 1.29. The van der Waals surface area contributed by atoms with Crippen LogP contribution in [0.2, 0.25) is 0 Å². The largest absolute Gasteiger partial charge is 0.375 e. The average Bonchev–Trinajstić information content (AvgIpc) is 3.02. The minimum absolute atomic E-state index is 0.0563. The molecule has 45 heavy (non-hydrogen) atoms. The first kappa shape index (κ1) is 35.7. The van der Waals surface area contributed by atoms with Crippen molar-refractivity contribution in [1.29, 1.82) is 0 Å². The highest BCUT2D eigenvalue weighted by Gasteiger charge is 2.33. The molecule has 11 nitrogen and oxygen atoms in total. The van der Waals surface area contributed by atoms with E-state index in [1.807, 2.05) is 81.4 Å². The molecule has 1 fully saturated rings. The van der Waals surface area contributed by atoms with Gasteiger partial charge in [0.25, 0.3) is 0 Å². The van der Waals surface area contributed by atoms with Crippen molar-refractivity contribution in [3.63, 3.8) is 0 Å². The molecule has 3 rings (SSSR count). The van der Waals surface area contributed by atoms with Gasteiger partial charge in [0.2, 0.25) is 23.6 Å². The summed E-state index contributed by atoms with van der Waals surface area (Å²) in [5.41, 5.74) is 13.7. The molecule has 0 radical (unpaired) electrons. The van der Waals surface area contributed by atoms with Gasteiger partial charge in [-0.3, -0.25) is 19.2 Å². The third-order valence-electron chi connectivity index (χ3n) is 7.76. The Hall–Kier alpha value is -3.80. The van der Waals surface area contributed by atoms with Crippen LogP contribution in [0.4, 0.5) is 0 Å². The van der Waals surface area contributed by atoms with Gasteiger partial charge in [0.1, 0.15) is 18.1 Å². The number of morpholine rings is 1. The summed E-state index contributed by atoms with van der Waals surface area (Å²) in [4.78, 5) is 55.8. The standard InChI is InChI=1S/C34H50N6O5/c1-23(2)19-29(32(42)37-28(15-10-16-35)34(44)40-17-18-45-24(3)22-40)39-33(43)30(21-26-13-8-5-9-14-26)38-31(41)27(36)20-25-11-6-4-7-12-25/h4-9,11-14,23-24,27-30H,10,15-22,35-36H2,1-3H3,(H,37,42)(H,38,41)(H,39,43)/t24?,27-,28-,29-,30-/m1/s1. The van der Waals surface area contributed by atoms with Crippen LogP contribution in [0.5, 0.6) is 0 Å². The number of carbonyl (C=O) groups is 4. The maximum Gasteiger partial charge on any atom is 0.245 e. The molecule has 0 aromatic heterocycles. The summed E-state index contributed by atoms with van der Waals surface area (Å²) in [6.07, 6.45) is 1.68. The summed E-state index contributed by atoms with van der Waals surface area (Å²) < 4.78 is 5.58. The van der Waals surface area contributed by atoms with E-state index in [9.17, 15) is 19.2 Å². The summed E-state index contributed by atoms with van der Waals surface area (Å²) in [6, 6.07) is 15.2. The highest BCUT2D eigenvalue weighted by atomic mass is 16.5. The van der Waals surface area contributed by atoms with Gasteiger partial charge < -0.3 is 37.1 Å². The lowest BCUT2D eigenvalue weighted by Gasteiger charge is -2.34. The third-order valence-corrected chi connectivity index (χ3v) is 7.76. The number of benzene rings is 2. The molecular formula is C34H50N6O5. The maximum atomic E-state index is 13.8. The van der Waals surface area contributed by atoms with E-state index in [1.165, 1.54) is 0 Å². The van der Waals surface area contributed by atoms with E-state index in [2.05, 4.69) is 16.0 Å². The summed E-state index contributed by atoms with van der Waals surface area (Å²) in [5, 5.41) is 8.60. The number of rotatable bonds is 16. The molecule has 0 aliphatic carbocycles. The van der Waals surface area contributed by atoms with Crippen LogP contribution in [0.1, 0.15) is 51.2 Å². The first-order valence-electron chi connectivity index (χ1n) is 15.9. The van der Waals surface area contributed by atoms with E-state index in [4.69, 9.17) is 16.2 Å². The minimum atomic E-state index is -0.978. The second kappa shape index (κ2) is 18.2. The number of amides is 4. The number of hydrogen-bond acceptors (Lipinski definition) is 7. The number of ether oxygens (including phenoxy) is 1. The SMILES string of the molecule is CC(C)C[C@@H](NC(=O)[C@@H](Cc1ccccc1)NC(=O)[C@H](N)Cc1ccccc1)C(=O)N[C@H](CCCN)C(=O)N1CCOC(C)C1. The molecule has 5 atom stereocenters. The number of nitrogens with two attached hydrogens (primary N) is 2. The molecule has 0 saturated carbocycles. The molecule has 0 spiro atoms. The molecule has 0 bridgehead atoms. The van der Waals surface area contributed by atoms with E-state index < -0.39 is 41.9 Å². The van der Waals surface area contributed by atoms with Gasteiger partial charge in [-0.15, -0.1) is 0 Å². The fraction of sp³-hybridized carbons (Fsp3) is 0.529. The summed E-state index contributed by atoms with van der Waals surface area (Å²) in [7, 11) is 0. The molecule has 1 aliphatic rings. The second-order valence-corrected chi connectivity index (χ2v) is 12.2. The Morgan fingerprint density at radius 1 is 0.844 bits per heavy atom. The monoisotopic (exact) mass is 622 g/mol. The molecule has 1 aliphatic heterocycles. The fourth-order valence-electron chi connectivity index (χ4n) is 5.36. The van der Waals surface area contributed by atoms with Crippen LogP contribution in [0, 0.1) is 5.92 Å². The lowest BCUT2D eigenvalue weighted by molar-refractivity contribution is -0.143. The maximum absolute atomic E-state index is 13.8. The van der Waals surface area contributed by atoms with Crippen molar-refractivity contribution < 1.29 is 23.9 Å². The van der Waals surface area contributed by atoms with Crippen molar-refractivity contribution in [2.45, 2.75) is 83.1 Å². The zero-order chi connectivity index (χ0) is 32.8. The Labute approximate surface area is 266 Å². The van der Waals surface area contributed by atoms with E-state index in [0.29, 0.717) is 51.9 Å². The van der Waals surface area contributed by atoms with E-state index in [0.717, 1.165) is 11.1 Å². The zero-order valence-corrected chi connectivity index (χ0v) is 26.7. The Balaban J connectivity index is 1.76. The number of hydrogen-bond donors (Lipinski definition) is 5. The Kier molecular flexibility index (Phi) is 14.5. The summed E-state index contributed by atoms with van der Waals surface area (Å²) in [5.74, 6) is -1.57. The average molecular weight is 623 g/mol. The van der Waals surface area contributed by atoms with Gasteiger partial charge in [0.05, 0.1) is 18.8 Å². The molecular weight excluding hydrogens is 572 g/mol. The summed E-state index contributed by atoms with van der Waals surface area (Å²) in [6.45, 7) is 7.48. The van der Waals surface area contributed by atoms with Gasteiger partial charge in [-0.1, -0.05) is 74.5 Å². The molecule has 7 N–H and O–H groups in total. The molecule has 246 valence electrons. The minimum Gasteiger partial charge on any atom is -0.375 e. The lowest BCUT2D eigenvalue weighted by atomic mass is 9.99. The predicted molar refractivity (Wildman–Crippen MR) is 174 cm³/mol. The van der Waals surface area contributed by atoms with Crippen LogP contribution in [-0.4, -0.2) is 85.0 Å². The molecule has 4 amide bonds. The quantitative estimate of drug-likeness (QED) is 0.188. The van der Waals surface area contributed by atoms with Crippen molar-refractivity contribution in [2.24, 2.45) is 17.4 Å². The van der Waals surface area contributed by atoms with E-state index in [-0.39, 0.29) is 24.3 Å². The van der Waals surface area contributed by atoms with Gasteiger partial charge in [-0.2, -0.15) is 0 Å². The molecule has 2 aromatic rings. The van der Waals surface area contributed by atoms with Crippen molar-refractivity contribution in [1.82, 2.24) is 20.9 Å². The first-order valence-corrected chi connectivity index (χ1v) is 15.9. The normalized spacial score (nSPS) is 17.6. The van der Waals surface area contributed by atoms with Crippen molar-refractivity contribution >= 4 is 23.6 Å². The highest BCUT2D eigenvalue weighted by molar-refractivity contribution is 5.95.